The fourth-order valence-corrected chi connectivity index (χ4v) is 2.61. The summed E-state index contributed by atoms with van der Waals surface area (Å²) in [4.78, 5) is 32.2. The van der Waals surface area contributed by atoms with Gasteiger partial charge in [-0.1, -0.05) is 0 Å². The van der Waals surface area contributed by atoms with Crippen LogP contribution in [0.5, 0.6) is 5.75 Å². The number of hydrogen-bond donors (Lipinski definition) is 3. The Morgan fingerprint density at radius 2 is 1.45 bits per heavy atom. The minimum absolute atomic E-state index is 0.157. The molecule has 0 saturated heterocycles. The maximum atomic E-state index is 12.6. The molecule has 0 radical (unpaired) electrons. The number of aryl methyl sites for hydroxylation is 1. The van der Waals surface area contributed by atoms with Crippen molar-refractivity contribution in [3.8, 4) is 5.75 Å². The summed E-state index contributed by atoms with van der Waals surface area (Å²) in [6.07, 6.45) is 0. The molecule has 29 heavy (non-hydrogen) atoms. The van der Waals surface area contributed by atoms with E-state index in [0.717, 1.165) is 11.4 Å². The van der Waals surface area contributed by atoms with Gasteiger partial charge in [-0.15, -0.1) is 0 Å². The Hall–Kier alpha value is -3.94. The molecule has 0 aliphatic rings. The Morgan fingerprint density at radius 3 is 2.03 bits per heavy atom. The highest BCUT2D eigenvalue weighted by molar-refractivity contribution is 6.03. The number of aromatic nitrogens is 2. The van der Waals surface area contributed by atoms with Crippen molar-refractivity contribution in [1.29, 1.82) is 0 Å². The van der Waals surface area contributed by atoms with E-state index in [9.17, 15) is 9.59 Å². The van der Waals surface area contributed by atoms with Gasteiger partial charge in [0.2, 0.25) is 5.91 Å². The topological polar surface area (TPSA) is 105 Å². The number of rotatable bonds is 6. The van der Waals surface area contributed by atoms with Crippen LogP contribution in [0.3, 0.4) is 0 Å². The molecule has 3 aromatic rings. The molecule has 0 unspecified atom stereocenters. The number of hydrogen-bond acceptors (Lipinski definition) is 6. The molecule has 2 aromatic carbocycles. The number of anilines is 4. The van der Waals surface area contributed by atoms with Crippen molar-refractivity contribution < 1.29 is 14.3 Å². The van der Waals surface area contributed by atoms with E-state index in [4.69, 9.17) is 4.74 Å². The Labute approximate surface area is 168 Å². The van der Waals surface area contributed by atoms with E-state index in [1.807, 2.05) is 24.3 Å². The maximum absolute atomic E-state index is 12.6. The highest BCUT2D eigenvalue weighted by Crippen LogP contribution is 2.20. The minimum atomic E-state index is -0.361. The molecule has 1 aromatic heterocycles. The largest absolute Gasteiger partial charge is 0.497 e. The van der Waals surface area contributed by atoms with E-state index in [2.05, 4.69) is 25.9 Å². The molecule has 0 aliphatic carbocycles. The van der Waals surface area contributed by atoms with Crippen LogP contribution < -0.4 is 20.7 Å². The van der Waals surface area contributed by atoms with Crippen LogP contribution in [0.25, 0.3) is 0 Å². The third kappa shape index (κ3) is 5.52. The lowest BCUT2D eigenvalue weighted by Gasteiger charge is -2.10. The van der Waals surface area contributed by atoms with Gasteiger partial charge in [0.1, 0.15) is 23.1 Å². The predicted molar refractivity (Wildman–Crippen MR) is 112 cm³/mol. The molecular weight excluding hydrogens is 370 g/mol. The Morgan fingerprint density at radius 1 is 0.862 bits per heavy atom. The average molecular weight is 391 g/mol. The Balaban J connectivity index is 1.72. The predicted octanol–water partition coefficient (Wildman–Crippen LogP) is 3.75. The van der Waals surface area contributed by atoms with Gasteiger partial charge in [-0.2, -0.15) is 0 Å². The summed E-state index contributed by atoms with van der Waals surface area (Å²) < 4.78 is 5.14. The summed E-state index contributed by atoms with van der Waals surface area (Å²) in [5.74, 6) is 1.21. The number of carbonyl (C=O) groups is 2. The molecule has 0 spiro atoms. The molecule has 0 bridgehead atoms. The first-order valence-corrected chi connectivity index (χ1v) is 8.89. The summed E-state index contributed by atoms with van der Waals surface area (Å²) in [6, 6.07) is 15.8. The molecule has 148 valence electrons. The first kappa shape index (κ1) is 19.8. The lowest BCUT2D eigenvalue weighted by Crippen LogP contribution is -2.15. The van der Waals surface area contributed by atoms with Gasteiger partial charge in [0.15, 0.2) is 0 Å². The molecule has 3 rings (SSSR count). The second kappa shape index (κ2) is 8.83. The maximum Gasteiger partial charge on any atom is 0.274 e. The van der Waals surface area contributed by atoms with Crippen LogP contribution in [0.1, 0.15) is 23.2 Å². The smallest absolute Gasteiger partial charge is 0.274 e. The zero-order valence-corrected chi connectivity index (χ0v) is 16.3. The quantitative estimate of drug-likeness (QED) is 0.591. The van der Waals surface area contributed by atoms with Crippen LogP contribution in [-0.4, -0.2) is 28.9 Å². The molecule has 0 saturated carbocycles. The number of amides is 2. The van der Waals surface area contributed by atoms with Crippen LogP contribution in [-0.2, 0) is 4.79 Å². The Kier molecular flexibility index (Phi) is 6.03. The van der Waals surface area contributed by atoms with Crippen molar-refractivity contribution in [1.82, 2.24) is 9.97 Å². The van der Waals surface area contributed by atoms with E-state index in [1.54, 1.807) is 44.4 Å². The van der Waals surface area contributed by atoms with Gasteiger partial charge in [-0.3, -0.25) is 9.59 Å². The molecule has 1 heterocycles. The van der Waals surface area contributed by atoms with Gasteiger partial charge in [-0.25, -0.2) is 9.97 Å². The number of methoxy groups -OCH3 is 1. The van der Waals surface area contributed by atoms with E-state index in [-0.39, 0.29) is 17.5 Å². The molecule has 8 heteroatoms. The van der Waals surface area contributed by atoms with E-state index in [1.165, 1.54) is 6.92 Å². The second-order valence-electron chi connectivity index (χ2n) is 6.25. The molecule has 0 fully saturated rings. The third-order valence-electron chi connectivity index (χ3n) is 3.90. The summed E-state index contributed by atoms with van der Waals surface area (Å²) in [5.41, 5.74) is 2.28. The second-order valence-corrected chi connectivity index (χ2v) is 6.25. The molecule has 0 aliphatic heterocycles. The fraction of sp³-hybridized carbons (Fsp3) is 0.143. The van der Waals surface area contributed by atoms with Crippen LogP contribution in [0, 0.1) is 6.92 Å². The number of carbonyl (C=O) groups excluding carboxylic acids is 2. The zero-order chi connectivity index (χ0) is 20.8. The van der Waals surface area contributed by atoms with Crippen LogP contribution in [0.15, 0.2) is 54.6 Å². The summed E-state index contributed by atoms with van der Waals surface area (Å²) in [7, 11) is 1.61. The SMILES string of the molecule is COc1ccc(Nc2cc(C(=O)Nc3ccc(NC(C)=O)cc3)nc(C)n2)cc1. The molecule has 8 nitrogen and oxygen atoms in total. The third-order valence-corrected chi connectivity index (χ3v) is 3.90. The van der Waals surface area contributed by atoms with Crippen molar-refractivity contribution in [3.63, 3.8) is 0 Å². The van der Waals surface area contributed by atoms with Gasteiger partial charge in [0.05, 0.1) is 7.11 Å². The molecule has 2 amide bonds. The van der Waals surface area contributed by atoms with Crippen molar-refractivity contribution in [3.05, 3.63) is 66.1 Å². The lowest BCUT2D eigenvalue weighted by atomic mass is 10.2. The molecule has 0 atom stereocenters. The van der Waals surface area contributed by atoms with Crippen LogP contribution in [0.2, 0.25) is 0 Å². The normalized spacial score (nSPS) is 10.2. The van der Waals surface area contributed by atoms with E-state index in [0.29, 0.717) is 23.0 Å². The summed E-state index contributed by atoms with van der Waals surface area (Å²) in [5, 5.41) is 8.61. The van der Waals surface area contributed by atoms with Crippen molar-refractivity contribution >= 4 is 34.7 Å². The minimum Gasteiger partial charge on any atom is -0.497 e. The van der Waals surface area contributed by atoms with Crippen molar-refractivity contribution in [2.75, 3.05) is 23.1 Å². The lowest BCUT2D eigenvalue weighted by molar-refractivity contribution is -0.114. The molecule has 3 N–H and O–H groups in total. The monoisotopic (exact) mass is 391 g/mol. The van der Waals surface area contributed by atoms with Gasteiger partial charge in [0, 0.05) is 30.1 Å². The summed E-state index contributed by atoms with van der Waals surface area (Å²) in [6.45, 7) is 3.16. The highest BCUT2D eigenvalue weighted by Gasteiger charge is 2.11. The van der Waals surface area contributed by atoms with E-state index < -0.39 is 0 Å². The van der Waals surface area contributed by atoms with E-state index >= 15 is 0 Å². The standard InChI is InChI=1S/C21H21N5O3/c1-13-22-19(12-20(23-13)25-16-8-10-18(29-3)11-9-16)21(28)26-17-6-4-15(5-7-17)24-14(2)27/h4-12H,1-3H3,(H,24,27)(H,26,28)(H,22,23,25). The number of ether oxygens (including phenoxy) is 1. The van der Waals surface area contributed by atoms with Crippen LogP contribution >= 0.6 is 0 Å². The number of nitrogens with one attached hydrogen (secondary N) is 3. The number of nitrogens with zero attached hydrogens (tertiary/aromatic N) is 2. The van der Waals surface area contributed by atoms with Gasteiger partial charge >= 0.3 is 0 Å². The van der Waals surface area contributed by atoms with Gasteiger partial charge < -0.3 is 20.7 Å². The summed E-state index contributed by atoms with van der Waals surface area (Å²) >= 11 is 0. The van der Waals surface area contributed by atoms with Crippen molar-refractivity contribution in [2.45, 2.75) is 13.8 Å². The zero-order valence-electron chi connectivity index (χ0n) is 16.3. The molecular formula is C21H21N5O3. The van der Waals surface area contributed by atoms with Crippen LogP contribution in [0.4, 0.5) is 22.9 Å². The first-order valence-electron chi connectivity index (χ1n) is 8.89. The fourth-order valence-electron chi connectivity index (χ4n) is 2.61. The number of benzene rings is 2. The van der Waals surface area contributed by atoms with Crippen molar-refractivity contribution in [2.24, 2.45) is 0 Å². The highest BCUT2D eigenvalue weighted by atomic mass is 16.5. The van der Waals surface area contributed by atoms with Gasteiger partial charge in [0.25, 0.3) is 5.91 Å². The van der Waals surface area contributed by atoms with Gasteiger partial charge in [-0.05, 0) is 55.5 Å². The average Bonchev–Trinajstić information content (AvgIpc) is 2.69. The first-order chi connectivity index (χ1) is 13.9. The Bertz CT molecular complexity index is 1020.